The summed E-state index contributed by atoms with van der Waals surface area (Å²) in [7, 11) is 0. The Hall–Kier alpha value is -4.38. The zero-order valence-corrected chi connectivity index (χ0v) is 25.2. The number of amides is 2. The molecule has 0 aliphatic heterocycles. The van der Waals surface area contributed by atoms with Crippen molar-refractivity contribution in [3.8, 4) is 5.75 Å². The van der Waals surface area contributed by atoms with Crippen LogP contribution in [0.25, 0.3) is 0 Å². The molecule has 0 spiro atoms. The first-order valence-corrected chi connectivity index (χ1v) is 13.8. The quantitative estimate of drug-likeness (QED) is 0.225. The van der Waals surface area contributed by atoms with E-state index in [1.807, 2.05) is 31.2 Å². The highest BCUT2D eigenvalue weighted by Crippen LogP contribution is 2.21. The number of halogens is 1. The molecule has 0 saturated carbocycles. The molecular weight excluding hydrogens is 560 g/mol. The number of carbonyl (C=O) groups excluding carboxylic acids is 3. The molecule has 0 fully saturated rings. The number of esters is 1. The predicted octanol–water partition coefficient (Wildman–Crippen LogP) is 4.55. The molecule has 42 heavy (non-hydrogen) atoms. The molecule has 1 aromatic heterocycles. The van der Waals surface area contributed by atoms with Crippen LogP contribution in [0.15, 0.2) is 48.5 Å². The normalized spacial score (nSPS) is 11.9. The van der Waals surface area contributed by atoms with E-state index in [-0.39, 0.29) is 48.0 Å². The van der Waals surface area contributed by atoms with Gasteiger partial charge in [0.05, 0.1) is 0 Å². The molecule has 2 amide bonds. The largest absolute Gasteiger partial charge is 0.444 e. The zero-order chi connectivity index (χ0) is 31.0. The maximum Gasteiger partial charge on any atom is 0.410 e. The molecule has 3 aromatic rings. The van der Waals surface area contributed by atoms with Gasteiger partial charge in [-0.15, -0.1) is 0 Å². The number of aromatic nitrogens is 2. The van der Waals surface area contributed by atoms with Crippen molar-refractivity contribution in [1.29, 1.82) is 0 Å². The standard InChI is InChI=1S/C30H37ClN6O5/c1-18-8-6-7-9-22(18)14-21(15-34-28(39)24-26(32)36-27(33)25(31)35-24)17-37(29(40)42-30(3,4)5)16-20-10-12-23(13-11-20)41-19(2)38/h6-13,21H,14-17H2,1-5H3,(H,34,39)(H4,32,33,36)/t21-/m0/s1. The van der Waals surface area contributed by atoms with Gasteiger partial charge in [0, 0.05) is 26.6 Å². The van der Waals surface area contributed by atoms with E-state index in [1.54, 1.807) is 49.9 Å². The highest BCUT2D eigenvalue weighted by Gasteiger charge is 2.26. The molecule has 12 heteroatoms. The first-order chi connectivity index (χ1) is 19.7. The van der Waals surface area contributed by atoms with Gasteiger partial charge in [-0.3, -0.25) is 9.59 Å². The minimum Gasteiger partial charge on any atom is -0.444 e. The zero-order valence-electron chi connectivity index (χ0n) is 24.4. The Labute approximate surface area is 250 Å². The molecule has 0 aliphatic carbocycles. The van der Waals surface area contributed by atoms with Gasteiger partial charge in [0.1, 0.15) is 11.4 Å². The number of aryl methyl sites for hydroxylation is 1. The molecule has 1 heterocycles. The first-order valence-electron chi connectivity index (χ1n) is 13.4. The van der Waals surface area contributed by atoms with Crippen LogP contribution in [0.3, 0.4) is 0 Å². The van der Waals surface area contributed by atoms with E-state index in [0.717, 1.165) is 16.7 Å². The Morgan fingerprint density at radius 3 is 2.31 bits per heavy atom. The van der Waals surface area contributed by atoms with Crippen LogP contribution in [0.1, 0.15) is 54.9 Å². The van der Waals surface area contributed by atoms with Crippen LogP contribution in [0.5, 0.6) is 5.75 Å². The third-order valence-corrected chi connectivity index (χ3v) is 6.41. The van der Waals surface area contributed by atoms with Gasteiger partial charge in [0.25, 0.3) is 5.91 Å². The Balaban J connectivity index is 1.87. The number of hydrogen-bond donors (Lipinski definition) is 3. The molecule has 0 radical (unpaired) electrons. The highest BCUT2D eigenvalue weighted by atomic mass is 35.5. The first kappa shape index (κ1) is 32.1. The summed E-state index contributed by atoms with van der Waals surface area (Å²) in [4.78, 5) is 47.2. The minimum absolute atomic E-state index is 0.0722. The molecule has 0 aliphatic rings. The number of anilines is 2. The summed E-state index contributed by atoms with van der Waals surface area (Å²) in [5.41, 5.74) is 13.6. The average Bonchev–Trinajstić information content (AvgIpc) is 2.89. The van der Waals surface area contributed by atoms with Gasteiger partial charge >= 0.3 is 12.1 Å². The molecule has 11 nitrogen and oxygen atoms in total. The van der Waals surface area contributed by atoms with Crippen molar-refractivity contribution in [2.24, 2.45) is 5.92 Å². The summed E-state index contributed by atoms with van der Waals surface area (Å²) in [5.74, 6) is -1.04. The molecule has 0 saturated heterocycles. The third-order valence-electron chi connectivity index (χ3n) is 6.13. The van der Waals surface area contributed by atoms with E-state index >= 15 is 0 Å². The number of benzene rings is 2. The number of rotatable bonds is 10. The van der Waals surface area contributed by atoms with Crippen LogP contribution in [0.4, 0.5) is 16.4 Å². The lowest BCUT2D eigenvalue weighted by Crippen LogP contribution is -2.42. The molecule has 0 unspecified atom stereocenters. The number of hydrogen-bond acceptors (Lipinski definition) is 9. The summed E-state index contributed by atoms with van der Waals surface area (Å²) < 4.78 is 10.9. The smallest absolute Gasteiger partial charge is 0.410 e. The molecule has 3 rings (SSSR count). The van der Waals surface area contributed by atoms with Crippen LogP contribution in [0, 0.1) is 12.8 Å². The van der Waals surface area contributed by atoms with Crippen LogP contribution in [-0.2, 0) is 22.5 Å². The fourth-order valence-electron chi connectivity index (χ4n) is 4.17. The Morgan fingerprint density at radius 2 is 1.69 bits per heavy atom. The van der Waals surface area contributed by atoms with Gasteiger partial charge in [0.15, 0.2) is 22.5 Å². The fourth-order valence-corrected chi connectivity index (χ4v) is 4.30. The maximum absolute atomic E-state index is 13.4. The van der Waals surface area contributed by atoms with Gasteiger partial charge in [-0.25, -0.2) is 14.8 Å². The molecule has 2 aromatic carbocycles. The molecule has 0 bridgehead atoms. The maximum atomic E-state index is 13.4. The topological polar surface area (TPSA) is 163 Å². The van der Waals surface area contributed by atoms with Crippen molar-refractivity contribution in [2.75, 3.05) is 24.6 Å². The van der Waals surface area contributed by atoms with Crippen LogP contribution >= 0.6 is 11.6 Å². The molecule has 224 valence electrons. The number of ether oxygens (including phenoxy) is 2. The lowest BCUT2D eigenvalue weighted by molar-refractivity contribution is -0.131. The van der Waals surface area contributed by atoms with E-state index in [0.29, 0.717) is 12.2 Å². The fraction of sp³-hybridized carbons (Fsp3) is 0.367. The Morgan fingerprint density at radius 1 is 1.02 bits per heavy atom. The summed E-state index contributed by atoms with van der Waals surface area (Å²) in [6.45, 7) is 9.38. The Kier molecular flexibility index (Phi) is 10.7. The summed E-state index contributed by atoms with van der Waals surface area (Å²) in [5, 5.41) is 2.74. The third kappa shape index (κ3) is 9.62. The van der Waals surface area contributed by atoms with Crippen molar-refractivity contribution >= 4 is 41.2 Å². The van der Waals surface area contributed by atoms with Crippen LogP contribution in [-0.4, -0.2) is 51.5 Å². The summed E-state index contributed by atoms with van der Waals surface area (Å²) in [6, 6.07) is 14.8. The van der Waals surface area contributed by atoms with E-state index in [9.17, 15) is 14.4 Å². The SMILES string of the molecule is CC(=O)Oc1ccc(CN(C[C@H](CNC(=O)c2nc(Cl)c(N)nc2N)Cc2ccccc2C)C(=O)OC(C)(C)C)cc1. The minimum atomic E-state index is -0.723. The van der Waals surface area contributed by atoms with Crippen LogP contribution < -0.4 is 21.5 Å². The number of nitrogens with two attached hydrogens (primary N) is 2. The van der Waals surface area contributed by atoms with E-state index in [1.165, 1.54) is 6.92 Å². The predicted molar refractivity (Wildman–Crippen MR) is 161 cm³/mol. The van der Waals surface area contributed by atoms with Crippen LogP contribution in [0.2, 0.25) is 5.15 Å². The lowest BCUT2D eigenvalue weighted by Gasteiger charge is -2.31. The second kappa shape index (κ2) is 14.0. The second-order valence-electron chi connectivity index (χ2n) is 10.9. The Bertz CT molecular complexity index is 1420. The monoisotopic (exact) mass is 596 g/mol. The number of nitrogens with one attached hydrogen (secondary N) is 1. The van der Waals surface area contributed by atoms with Crippen molar-refractivity contribution in [1.82, 2.24) is 20.2 Å². The van der Waals surface area contributed by atoms with E-state index < -0.39 is 23.6 Å². The van der Waals surface area contributed by atoms with E-state index in [2.05, 4.69) is 15.3 Å². The highest BCUT2D eigenvalue weighted by molar-refractivity contribution is 6.31. The van der Waals surface area contributed by atoms with Gasteiger partial charge in [-0.05, 0) is 68.9 Å². The summed E-state index contributed by atoms with van der Waals surface area (Å²) in [6.07, 6.45) is 0.0505. The molecular formula is C30H37ClN6O5. The average molecular weight is 597 g/mol. The van der Waals surface area contributed by atoms with Crippen molar-refractivity contribution in [3.63, 3.8) is 0 Å². The van der Waals surface area contributed by atoms with Gasteiger partial charge in [-0.2, -0.15) is 0 Å². The number of carbonyl (C=O) groups is 3. The number of nitrogen functional groups attached to an aromatic ring is 2. The van der Waals surface area contributed by atoms with Crippen molar-refractivity contribution < 1.29 is 23.9 Å². The van der Waals surface area contributed by atoms with Gasteiger partial charge in [-0.1, -0.05) is 48.0 Å². The van der Waals surface area contributed by atoms with Gasteiger partial charge in [0.2, 0.25) is 0 Å². The molecule has 1 atom stereocenters. The molecule has 5 N–H and O–H groups in total. The van der Waals surface area contributed by atoms with E-state index in [4.69, 9.17) is 32.5 Å². The van der Waals surface area contributed by atoms with Crippen molar-refractivity contribution in [2.45, 2.75) is 53.2 Å². The lowest BCUT2D eigenvalue weighted by atomic mass is 9.95. The second-order valence-corrected chi connectivity index (χ2v) is 11.3. The summed E-state index contributed by atoms with van der Waals surface area (Å²) >= 11 is 5.97. The van der Waals surface area contributed by atoms with Crippen molar-refractivity contribution in [3.05, 3.63) is 76.1 Å². The van der Waals surface area contributed by atoms with Gasteiger partial charge < -0.3 is 31.2 Å². The number of nitrogens with zero attached hydrogens (tertiary/aromatic N) is 3.